The SMILES string of the molecule is CCN(CC)CC.O=[SH]N(F)F. The van der Waals surface area contributed by atoms with Gasteiger partial charge in [-0.05, 0) is 19.6 Å². The van der Waals surface area contributed by atoms with Gasteiger partial charge in [0.05, 0.1) is 0 Å². The smallest absolute Gasteiger partial charge is 0.142 e. The van der Waals surface area contributed by atoms with Gasteiger partial charge in [-0.1, -0.05) is 29.7 Å². The van der Waals surface area contributed by atoms with Crippen LogP contribution in [0.5, 0.6) is 0 Å². The predicted octanol–water partition coefficient (Wildman–Crippen LogP) is 1.27. The van der Waals surface area contributed by atoms with Crippen LogP contribution in [0.25, 0.3) is 0 Å². The Morgan fingerprint density at radius 1 is 1.08 bits per heavy atom. The Morgan fingerprint density at radius 2 is 1.33 bits per heavy atom. The average molecular weight is 202 g/mol. The maximum atomic E-state index is 10.3. The van der Waals surface area contributed by atoms with E-state index in [0.717, 1.165) is 0 Å². The summed E-state index contributed by atoms with van der Waals surface area (Å²) in [6.07, 6.45) is 0. The summed E-state index contributed by atoms with van der Waals surface area (Å²) in [5, 5.41) is 0. The number of hydrogen-bond donors (Lipinski definition) is 1. The van der Waals surface area contributed by atoms with Gasteiger partial charge in [0.2, 0.25) is 0 Å². The van der Waals surface area contributed by atoms with Gasteiger partial charge in [-0.15, -0.1) is 0 Å². The van der Waals surface area contributed by atoms with Gasteiger partial charge < -0.3 is 4.90 Å². The highest BCUT2D eigenvalue weighted by Crippen LogP contribution is 1.81. The van der Waals surface area contributed by atoms with Crippen molar-refractivity contribution < 1.29 is 13.2 Å². The Balaban J connectivity index is 0. The Bertz CT molecular complexity index is 96.0. The van der Waals surface area contributed by atoms with E-state index in [-0.39, 0.29) is 0 Å². The topological polar surface area (TPSA) is 23.6 Å². The normalized spacial score (nSPS) is 9.92. The molecule has 0 rings (SSSR count). The van der Waals surface area contributed by atoms with Crippen molar-refractivity contribution in [3.05, 3.63) is 0 Å². The fourth-order valence-electron chi connectivity index (χ4n) is 0.671. The predicted molar refractivity (Wildman–Crippen MR) is 47.1 cm³/mol. The molecule has 0 heterocycles. The van der Waals surface area contributed by atoms with Gasteiger partial charge in [-0.25, -0.2) is 4.21 Å². The molecule has 76 valence electrons. The summed E-state index contributed by atoms with van der Waals surface area (Å²) in [5.74, 6) is 0. The molecule has 0 atom stereocenters. The van der Waals surface area contributed by atoms with Crippen molar-refractivity contribution in [2.24, 2.45) is 0 Å². The number of halogens is 2. The molecule has 0 aliphatic heterocycles. The lowest BCUT2D eigenvalue weighted by Gasteiger charge is -2.13. The Labute approximate surface area is 75.8 Å². The highest BCUT2D eigenvalue weighted by Gasteiger charge is 1.89. The highest BCUT2D eigenvalue weighted by molar-refractivity contribution is 7.62. The summed E-state index contributed by atoms with van der Waals surface area (Å²) in [5.41, 5.74) is 0. The molecular weight excluding hydrogens is 186 g/mol. The average Bonchev–Trinajstić information content (AvgIpc) is 2.09. The van der Waals surface area contributed by atoms with Crippen LogP contribution in [-0.2, 0) is 11.9 Å². The molecule has 0 N–H and O–H groups in total. The Kier molecular flexibility index (Phi) is 13.2. The van der Waals surface area contributed by atoms with E-state index < -0.39 is 16.6 Å². The van der Waals surface area contributed by atoms with Crippen molar-refractivity contribution in [3.8, 4) is 0 Å². The molecular formula is C6H16F2N2OS. The summed E-state index contributed by atoms with van der Waals surface area (Å²) in [6.45, 7) is 10.1. The van der Waals surface area contributed by atoms with Crippen LogP contribution in [0.15, 0.2) is 0 Å². The Hall–Kier alpha value is -0.0700. The van der Waals surface area contributed by atoms with Crippen molar-refractivity contribution in [1.82, 2.24) is 9.65 Å². The van der Waals surface area contributed by atoms with Crippen molar-refractivity contribution in [1.29, 1.82) is 0 Å². The fraction of sp³-hybridized carbons (Fsp3) is 1.00. The zero-order valence-electron chi connectivity index (χ0n) is 7.63. The second-order valence-corrected chi connectivity index (χ2v) is 2.38. The number of hydrogen-bond acceptors (Lipinski definition) is 2. The van der Waals surface area contributed by atoms with E-state index in [1.54, 1.807) is 0 Å². The molecule has 12 heavy (non-hydrogen) atoms. The molecule has 0 aliphatic carbocycles. The summed E-state index contributed by atoms with van der Waals surface area (Å²) in [7, 11) is 0. The molecule has 0 saturated heterocycles. The molecule has 0 saturated carbocycles. The van der Waals surface area contributed by atoms with E-state index in [2.05, 4.69) is 25.7 Å². The molecule has 0 spiro atoms. The van der Waals surface area contributed by atoms with Crippen LogP contribution >= 0.6 is 0 Å². The van der Waals surface area contributed by atoms with Crippen LogP contribution in [0, 0.1) is 0 Å². The molecule has 0 bridgehead atoms. The third-order valence-corrected chi connectivity index (χ3v) is 1.53. The van der Waals surface area contributed by atoms with Crippen LogP contribution < -0.4 is 0 Å². The van der Waals surface area contributed by atoms with Gasteiger partial charge in [-0.2, -0.15) is 0 Å². The summed E-state index contributed by atoms with van der Waals surface area (Å²) < 4.78 is 27.9. The number of nitrogens with zero attached hydrogens (tertiary/aromatic N) is 2. The molecule has 6 heteroatoms. The highest BCUT2D eigenvalue weighted by atomic mass is 32.2. The molecule has 3 nitrogen and oxygen atoms in total. The fourth-order valence-corrected chi connectivity index (χ4v) is 0.671. The monoisotopic (exact) mass is 202 g/mol. The first-order valence-corrected chi connectivity index (χ1v) is 4.56. The van der Waals surface area contributed by atoms with E-state index >= 15 is 0 Å². The van der Waals surface area contributed by atoms with Crippen LogP contribution in [-0.4, -0.2) is 33.5 Å². The third kappa shape index (κ3) is 12.6. The lowest BCUT2D eigenvalue weighted by molar-refractivity contribution is -0.0433. The maximum Gasteiger partial charge on any atom is 0.142 e. The second-order valence-electron chi connectivity index (χ2n) is 1.92. The largest absolute Gasteiger partial charge is 0.304 e. The van der Waals surface area contributed by atoms with Crippen LogP contribution in [0.1, 0.15) is 20.8 Å². The summed E-state index contributed by atoms with van der Waals surface area (Å²) >= 11 is -1.25. The van der Waals surface area contributed by atoms with E-state index in [9.17, 15) is 8.96 Å². The molecule has 0 unspecified atom stereocenters. The van der Waals surface area contributed by atoms with E-state index in [1.165, 1.54) is 19.6 Å². The van der Waals surface area contributed by atoms with E-state index in [0.29, 0.717) is 0 Å². The molecule has 0 fully saturated rings. The molecule has 0 amide bonds. The second kappa shape index (κ2) is 10.9. The van der Waals surface area contributed by atoms with Crippen molar-refractivity contribution in [2.45, 2.75) is 20.8 Å². The van der Waals surface area contributed by atoms with Gasteiger partial charge in [0.25, 0.3) is 0 Å². The summed E-state index contributed by atoms with van der Waals surface area (Å²) in [6, 6.07) is 0. The van der Waals surface area contributed by atoms with Crippen LogP contribution in [0.2, 0.25) is 0 Å². The van der Waals surface area contributed by atoms with Gasteiger partial charge in [0.15, 0.2) is 0 Å². The Morgan fingerprint density at radius 3 is 1.33 bits per heavy atom. The lowest BCUT2D eigenvalue weighted by Crippen LogP contribution is -2.21. The lowest BCUT2D eigenvalue weighted by atomic mass is 10.5. The van der Waals surface area contributed by atoms with Crippen LogP contribution in [0.4, 0.5) is 8.96 Å². The first kappa shape index (κ1) is 14.5. The van der Waals surface area contributed by atoms with Gasteiger partial charge in [-0.3, -0.25) is 0 Å². The quantitative estimate of drug-likeness (QED) is 0.548. The maximum absolute atomic E-state index is 10.3. The van der Waals surface area contributed by atoms with Gasteiger partial charge in [0, 0.05) is 0 Å². The van der Waals surface area contributed by atoms with Gasteiger partial charge in [0.1, 0.15) is 16.6 Å². The zero-order valence-corrected chi connectivity index (χ0v) is 8.52. The van der Waals surface area contributed by atoms with Gasteiger partial charge >= 0.3 is 0 Å². The summed E-state index contributed by atoms with van der Waals surface area (Å²) in [4.78, 5) is 2.38. The van der Waals surface area contributed by atoms with Crippen molar-refractivity contribution in [3.63, 3.8) is 0 Å². The first-order valence-electron chi connectivity index (χ1n) is 3.79. The third-order valence-electron chi connectivity index (χ3n) is 1.40. The van der Waals surface area contributed by atoms with E-state index in [1.807, 2.05) is 0 Å². The standard InChI is InChI=1S/C6H15N.F2HNOS/c1-4-7(5-2)6-3;1-3(2)5-4/h4-6H2,1-3H3;5H. The first-order chi connectivity index (χ1) is 5.62. The minimum absolute atomic E-state index is 1.19. The zero-order chi connectivity index (χ0) is 9.98. The molecule has 0 aromatic rings. The molecule has 0 aromatic carbocycles. The van der Waals surface area contributed by atoms with Crippen molar-refractivity contribution >= 4 is 11.9 Å². The minimum atomic E-state index is -1.46. The number of thiol groups is 1. The molecule has 0 radical (unpaired) electrons. The van der Waals surface area contributed by atoms with Crippen molar-refractivity contribution in [2.75, 3.05) is 19.6 Å². The van der Waals surface area contributed by atoms with Crippen LogP contribution in [0.3, 0.4) is 0 Å². The molecule has 0 aliphatic rings. The number of rotatable bonds is 4. The minimum Gasteiger partial charge on any atom is -0.304 e. The van der Waals surface area contributed by atoms with E-state index in [4.69, 9.17) is 4.21 Å². The molecule has 0 aromatic heterocycles.